The van der Waals surface area contributed by atoms with Crippen molar-refractivity contribution >= 4 is 28.9 Å². The summed E-state index contributed by atoms with van der Waals surface area (Å²) in [6, 6.07) is 11.0. The van der Waals surface area contributed by atoms with Gasteiger partial charge in [-0.05, 0) is 36.5 Å². The molecule has 0 spiro atoms. The van der Waals surface area contributed by atoms with Gasteiger partial charge in [-0.3, -0.25) is 4.79 Å². The minimum absolute atomic E-state index is 0.138. The quantitative estimate of drug-likeness (QED) is 0.752. The molecule has 2 aromatic rings. The molecule has 0 aliphatic carbocycles. The maximum absolute atomic E-state index is 11.9. The standard InChI is InChI=1S/C17H20N2O3S/c1-17(2,3)15(21)19-16(23)18-12-6-4-5-11(9-12)14-8-7-13(10-20)22-14/h4-9,20H,10H2,1-3H3,(H2,18,19,21,23). The molecule has 1 heterocycles. The Morgan fingerprint density at radius 3 is 2.61 bits per heavy atom. The van der Waals surface area contributed by atoms with E-state index < -0.39 is 5.41 Å². The van der Waals surface area contributed by atoms with E-state index in [1.165, 1.54) is 0 Å². The molecule has 1 aromatic carbocycles. The average Bonchev–Trinajstić information content (AvgIpc) is 2.95. The second-order valence-corrected chi connectivity index (χ2v) is 6.57. The highest BCUT2D eigenvalue weighted by molar-refractivity contribution is 7.80. The maximum atomic E-state index is 11.9. The highest BCUT2D eigenvalue weighted by Crippen LogP contribution is 2.25. The van der Waals surface area contributed by atoms with Crippen molar-refractivity contribution in [3.8, 4) is 11.3 Å². The molecule has 1 amide bonds. The largest absolute Gasteiger partial charge is 0.459 e. The lowest BCUT2D eigenvalue weighted by Gasteiger charge is -2.18. The first-order valence-electron chi connectivity index (χ1n) is 7.22. The molecule has 0 aliphatic heterocycles. The first-order chi connectivity index (χ1) is 10.8. The monoisotopic (exact) mass is 332 g/mol. The molecule has 0 bridgehead atoms. The number of benzene rings is 1. The number of thiocarbonyl (C=S) groups is 1. The Bertz CT molecular complexity index is 717. The molecule has 0 saturated carbocycles. The Kier molecular flexibility index (Phi) is 5.18. The summed E-state index contributed by atoms with van der Waals surface area (Å²) in [6.07, 6.45) is 0. The molecular formula is C17H20N2O3S. The minimum Gasteiger partial charge on any atom is -0.459 e. The highest BCUT2D eigenvalue weighted by atomic mass is 32.1. The zero-order chi connectivity index (χ0) is 17.0. The molecule has 23 heavy (non-hydrogen) atoms. The van der Waals surface area contributed by atoms with Gasteiger partial charge in [0, 0.05) is 16.7 Å². The summed E-state index contributed by atoms with van der Waals surface area (Å²) in [5, 5.41) is 15.0. The predicted octanol–water partition coefficient (Wildman–Crippen LogP) is 3.30. The van der Waals surface area contributed by atoms with E-state index in [9.17, 15) is 4.79 Å². The molecule has 1 aromatic heterocycles. The topological polar surface area (TPSA) is 74.5 Å². The highest BCUT2D eigenvalue weighted by Gasteiger charge is 2.21. The van der Waals surface area contributed by atoms with E-state index in [1.807, 2.05) is 45.0 Å². The van der Waals surface area contributed by atoms with Crippen molar-refractivity contribution < 1.29 is 14.3 Å². The first kappa shape index (κ1) is 17.2. The lowest BCUT2D eigenvalue weighted by Crippen LogP contribution is -2.41. The van der Waals surface area contributed by atoms with Crippen LogP contribution in [0.3, 0.4) is 0 Å². The summed E-state index contributed by atoms with van der Waals surface area (Å²) < 4.78 is 5.51. The van der Waals surface area contributed by atoms with Crippen molar-refractivity contribution in [1.82, 2.24) is 5.32 Å². The van der Waals surface area contributed by atoms with E-state index in [0.29, 0.717) is 11.5 Å². The van der Waals surface area contributed by atoms with E-state index in [1.54, 1.807) is 12.1 Å². The number of carbonyl (C=O) groups excluding carboxylic acids is 1. The second kappa shape index (κ2) is 6.93. The van der Waals surface area contributed by atoms with E-state index in [-0.39, 0.29) is 17.6 Å². The maximum Gasteiger partial charge on any atom is 0.231 e. The van der Waals surface area contributed by atoms with Gasteiger partial charge in [0.25, 0.3) is 0 Å². The van der Waals surface area contributed by atoms with Crippen LogP contribution in [0, 0.1) is 5.41 Å². The summed E-state index contributed by atoms with van der Waals surface area (Å²) in [5.41, 5.74) is 1.07. The molecule has 6 heteroatoms. The second-order valence-electron chi connectivity index (χ2n) is 6.16. The number of nitrogens with one attached hydrogen (secondary N) is 2. The van der Waals surface area contributed by atoms with Crippen LogP contribution in [0.5, 0.6) is 0 Å². The number of furan rings is 1. The fraction of sp³-hybridized carbons (Fsp3) is 0.294. The fourth-order valence-corrected chi connectivity index (χ4v) is 2.03. The summed E-state index contributed by atoms with van der Waals surface area (Å²) in [5.74, 6) is 1.01. The molecule has 0 saturated heterocycles. The molecule has 0 unspecified atom stereocenters. The van der Waals surface area contributed by atoms with Gasteiger partial charge in [-0.25, -0.2) is 0 Å². The van der Waals surface area contributed by atoms with Crippen molar-refractivity contribution in [2.75, 3.05) is 5.32 Å². The molecule has 0 atom stereocenters. The Labute approximate surface area is 140 Å². The lowest BCUT2D eigenvalue weighted by atomic mass is 9.96. The minimum atomic E-state index is -0.511. The van der Waals surface area contributed by atoms with Gasteiger partial charge in [-0.15, -0.1) is 0 Å². The number of hydrogen-bond donors (Lipinski definition) is 3. The molecule has 3 N–H and O–H groups in total. The molecule has 0 fully saturated rings. The summed E-state index contributed by atoms with van der Waals surface area (Å²) >= 11 is 5.16. The number of rotatable bonds is 3. The number of aliphatic hydroxyl groups is 1. The van der Waals surface area contributed by atoms with Gasteiger partial charge >= 0.3 is 0 Å². The zero-order valence-electron chi connectivity index (χ0n) is 13.3. The van der Waals surface area contributed by atoms with Crippen LogP contribution in [0.4, 0.5) is 5.69 Å². The van der Waals surface area contributed by atoms with Gasteiger partial charge in [-0.1, -0.05) is 32.9 Å². The third-order valence-electron chi connectivity index (χ3n) is 3.13. The zero-order valence-corrected chi connectivity index (χ0v) is 14.2. The van der Waals surface area contributed by atoms with Crippen LogP contribution in [0.1, 0.15) is 26.5 Å². The third-order valence-corrected chi connectivity index (χ3v) is 3.33. The SMILES string of the molecule is CC(C)(C)C(=O)NC(=S)Nc1cccc(-c2ccc(CO)o2)c1. The van der Waals surface area contributed by atoms with Crippen LogP contribution in [0.2, 0.25) is 0 Å². The average molecular weight is 332 g/mol. The first-order valence-corrected chi connectivity index (χ1v) is 7.63. The Morgan fingerprint density at radius 1 is 1.26 bits per heavy atom. The van der Waals surface area contributed by atoms with Gasteiger partial charge in [0.05, 0.1) is 0 Å². The van der Waals surface area contributed by atoms with E-state index in [0.717, 1.165) is 11.3 Å². The molecule has 122 valence electrons. The van der Waals surface area contributed by atoms with Crippen molar-refractivity contribution in [3.63, 3.8) is 0 Å². The van der Waals surface area contributed by atoms with E-state index in [4.69, 9.17) is 21.7 Å². The van der Waals surface area contributed by atoms with Crippen molar-refractivity contribution in [3.05, 3.63) is 42.2 Å². The fourth-order valence-electron chi connectivity index (χ4n) is 1.82. The molecule has 0 aliphatic rings. The summed E-state index contributed by atoms with van der Waals surface area (Å²) in [4.78, 5) is 11.9. The molecule has 2 rings (SSSR count). The van der Waals surface area contributed by atoms with Crippen LogP contribution in [-0.4, -0.2) is 16.1 Å². The number of anilines is 1. The van der Waals surface area contributed by atoms with Crippen LogP contribution in [0.25, 0.3) is 11.3 Å². The smallest absolute Gasteiger partial charge is 0.231 e. The van der Waals surface area contributed by atoms with Crippen molar-refractivity contribution in [2.24, 2.45) is 5.41 Å². The van der Waals surface area contributed by atoms with Crippen LogP contribution in [0.15, 0.2) is 40.8 Å². The van der Waals surface area contributed by atoms with Crippen LogP contribution >= 0.6 is 12.2 Å². The van der Waals surface area contributed by atoms with Crippen molar-refractivity contribution in [1.29, 1.82) is 0 Å². The van der Waals surface area contributed by atoms with Gasteiger partial charge in [0.2, 0.25) is 5.91 Å². The Morgan fingerprint density at radius 2 is 2.00 bits per heavy atom. The van der Waals surface area contributed by atoms with Crippen LogP contribution in [-0.2, 0) is 11.4 Å². The van der Waals surface area contributed by atoms with Gasteiger partial charge in [0.15, 0.2) is 5.11 Å². The van der Waals surface area contributed by atoms with Gasteiger partial charge < -0.3 is 20.2 Å². The number of amides is 1. The predicted molar refractivity (Wildman–Crippen MR) is 93.9 cm³/mol. The number of carbonyl (C=O) groups is 1. The summed E-state index contributed by atoms with van der Waals surface area (Å²) in [7, 11) is 0. The van der Waals surface area contributed by atoms with Gasteiger partial charge in [-0.2, -0.15) is 0 Å². The Hall–Kier alpha value is -2.18. The lowest BCUT2D eigenvalue weighted by molar-refractivity contribution is -0.126. The molecular weight excluding hydrogens is 312 g/mol. The normalized spacial score (nSPS) is 11.1. The summed E-state index contributed by atoms with van der Waals surface area (Å²) in [6.45, 7) is 5.32. The molecule has 0 radical (unpaired) electrons. The van der Waals surface area contributed by atoms with Gasteiger partial charge in [0.1, 0.15) is 18.1 Å². The number of aliphatic hydroxyl groups excluding tert-OH is 1. The van der Waals surface area contributed by atoms with Crippen molar-refractivity contribution in [2.45, 2.75) is 27.4 Å². The number of hydrogen-bond acceptors (Lipinski definition) is 4. The molecule has 5 nitrogen and oxygen atoms in total. The van der Waals surface area contributed by atoms with E-state index >= 15 is 0 Å². The van der Waals surface area contributed by atoms with Crippen LogP contribution < -0.4 is 10.6 Å². The third kappa shape index (κ3) is 4.64. The van der Waals surface area contributed by atoms with E-state index in [2.05, 4.69) is 10.6 Å². The Balaban J connectivity index is 2.08.